The highest BCUT2D eigenvalue weighted by Gasteiger charge is 2.24. The van der Waals surface area contributed by atoms with E-state index < -0.39 is 6.04 Å². The standard InChI is InChI=1S/C17H19ClN2O/c1-12(14-9-6-10-15(18)11-14)20(2)17(21)16(19)13-7-4-3-5-8-13/h3-12,16H,19H2,1-2H3/t12?,16-/m1/s1. The zero-order valence-corrected chi connectivity index (χ0v) is 12.9. The SMILES string of the molecule is CC(c1cccc(Cl)c1)N(C)C(=O)[C@H](N)c1ccccc1. The van der Waals surface area contributed by atoms with Crippen LogP contribution in [-0.4, -0.2) is 17.9 Å². The molecule has 2 aromatic carbocycles. The van der Waals surface area contributed by atoms with Crippen molar-refractivity contribution in [2.75, 3.05) is 7.05 Å². The van der Waals surface area contributed by atoms with Crippen molar-refractivity contribution in [2.45, 2.75) is 19.0 Å². The van der Waals surface area contributed by atoms with Gasteiger partial charge in [-0.1, -0.05) is 54.1 Å². The maximum absolute atomic E-state index is 12.5. The predicted molar refractivity (Wildman–Crippen MR) is 86.0 cm³/mol. The molecule has 0 heterocycles. The molecule has 0 aliphatic rings. The molecule has 2 aromatic rings. The molecular weight excluding hydrogens is 284 g/mol. The molecule has 0 fully saturated rings. The van der Waals surface area contributed by atoms with Gasteiger partial charge in [-0.3, -0.25) is 4.79 Å². The number of halogens is 1. The van der Waals surface area contributed by atoms with Gasteiger partial charge in [-0.2, -0.15) is 0 Å². The van der Waals surface area contributed by atoms with Crippen molar-refractivity contribution in [1.29, 1.82) is 0 Å². The normalized spacial score (nSPS) is 13.5. The minimum atomic E-state index is -0.655. The van der Waals surface area contributed by atoms with Crippen molar-refractivity contribution < 1.29 is 4.79 Å². The molecule has 0 aliphatic heterocycles. The Morgan fingerprint density at radius 1 is 1.10 bits per heavy atom. The molecule has 0 aromatic heterocycles. The summed E-state index contributed by atoms with van der Waals surface area (Å²) < 4.78 is 0. The Hall–Kier alpha value is -1.84. The van der Waals surface area contributed by atoms with E-state index in [4.69, 9.17) is 17.3 Å². The monoisotopic (exact) mass is 302 g/mol. The average molecular weight is 303 g/mol. The lowest BCUT2D eigenvalue weighted by Crippen LogP contribution is -2.37. The molecular formula is C17H19ClN2O. The van der Waals surface area contributed by atoms with Gasteiger partial charge in [0.05, 0.1) is 6.04 Å². The third kappa shape index (κ3) is 3.63. The van der Waals surface area contributed by atoms with Gasteiger partial charge in [0, 0.05) is 12.1 Å². The molecule has 1 amide bonds. The number of hydrogen-bond acceptors (Lipinski definition) is 2. The lowest BCUT2D eigenvalue weighted by atomic mass is 10.0. The number of hydrogen-bond donors (Lipinski definition) is 1. The molecule has 110 valence electrons. The summed E-state index contributed by atoms with van der Waals surface area (Å²) in [6, 6.07) is 16.1. The van der Waals surface area contributed by atoms with Gasteiger partial charge in [0.1, 0.15) is 6.04 Å². The second kappa shape index (κ2) is 6.74. The number of amides is 1. The van der Waals surface area contributed by atoms with Gasteiger partial charge in [0.2, 0.25) is 5.91 Å². The third-order valence-corrected chi connectivity index (χ3v) is 3.92. The van der Waals surface area contributed by atoms with Gasteiger partial charge < -0.3 is 10.6 Å². The molecule has 0 spiro atoms. The second-order valence-corrected chi connectivity index (χ2v) is 5.50. The number of carbonyl (C=O) groups is 1. The highest BCUT2D eigenvalue weighted by atomic mass is 35.5. The maximum atomic E-state index is 12.5. The van der Waals surface area contributed by atoms with Crippen LogP contribution in [0.15, 0.2) is 54.6 Å². The Kier molecular flexibility index (Phi) is 4.99. The number of carbonyl (C=O) groups excluding carboxylic acids is 1. The summed E-state index contributed by atoms with van der Waals surface area (Å²) in [5.74, 6) is -0.117. The summed E-state index contributed by atoms with van der Waals surface area (Å²) in [6.45, 7) is 1.96. The van der Waals surface area contributed by atoms with Crippen molar-refractivity contribution in [1.82, 2.24) is 4.90 Å². The molecule has 3 nitrogen and oxygen atoms in total. The molecule has 2 N–H and O–H groups in total. The quantitative estimate of drug-likeness (QED) is 0.938. The number of nitrogens with zero attached hydrogens (tertiary/aromatic N) is 1. The first-order chi connectivity index (χ1) is 10.0. The van der Waals surface area contributed by atoms with E-state index in [1.165, 1.54) is 0 Å². The van der Waals surface area contributed by atoms with E-state index in [1.54, 1.807) is 11.9 Å². The Morgan fingerprint density at radius 2 is 1.71 bits per heavy atom. The first kappa shape index (κ1) is 15.5. The molecule has 0 bridgehead atoms. The molecule has 0 radical (unpaired) electrons. The van der Waals surface area contributed by atoms with E-state index in [-0.39, 0.29) is 11.9 Å². The zero-order valence-electron chi connectivity index (χ0n) is 12.2. The Labute approximate surface area is 130 Å². The van der Waals surface area contributed by atoms with Gasteiger partial charge >= 0.3 is 0 Å². The number of nitrogens with two attached hydrogens (primary N) is 1. The first-order valence-electron chi connectivity index (χ1n) is 6.83. The minimum Gasteiger partial charge on any atom is -0.337 e. The summed E-state index contributed by atoms with van der Waals surface area (Å²) in [4.78, 5) is 14.2. The topological polar surface area (TPSA) is 46.3 Å². The smallest absolute Gasteiger partial charge is 0.244 e. The van der Waals surface area contributed by atoms with E-state index in [1.807, 2.05) is 61.5 Å². The van der Waals surface area contributed by atoms with Crippen LogP contribution in [0.5, 0.6) is 0 Å². The fourth-order valence-corrected chi connectivity index (χ4v) is 2.40. The van der Waals surface area contributed by atoms with Gasteiger partial charge in [0.25, 0.3) is 0 Å². The lowest BCUT2D eigenvalue weighted by Gasteiger charge is -2.28. The first-order valence-corrected chi connectivity index (χ1v) is 7.21. The van der Waals surface area contributed by atoms with Crippen LogP contribution in [0.4, 0.5) is 0 Å². The van der Waals surface area contributed by atoms with Gasteiger partial charge in [-0.15, -0.1) is 0 Å². The Bertz CT molecular complexity index is 615. The number of rotatable bonds is 4. The lowest BCUT2D eigenvalue weighted by molar-refractivity contribution is -0.133. The molecule has 1 unspecified atom stereocenters. The summed E-state index contributed by atoms with van der Waals surface area (Å²) in [5.41, 5.74) is 7.87. The molecule has 4 heteroatoms. The number of likely N-dealkylation sites (N-methyl/N-ethyl adjacent to an activating group) is 1. The maximum Gasteiger partial charge on any atom is 0.244 e. The van der Waals surface area contributed by atoms with E-state index in [9.17, 15) is 4.79 Å². The molecule has 2 atom stereocenters. The molecule has 0 aliphatic carbocycles. The van der Waals surface area contributed by atoms with E-state index in [0.717, 1.165) is 11.1 Å². The Morgan fingerprint density at radius 3 is 2.33 bits per heavy atom. The second-order valence-electron chi connectivity index (χ2n) is 5.07. The fraction of sp³-hybridized carbons (Fsp3) is 0.235. The van der Waals surface area contributed by atoms with Crippen molar-refractivity contribution in [3.8, 4) is 0 Å². The molecule has 0 saturated carbocycles. The van der Waals surface area contributed by atoms with Crippen LogP contribution in [-0.2, 0) is 4.79 Å². The van der Waals surface area contributed by atoms with Crippen molar-refractivity contribution in [3.63, 3.8) is 0 Å². The number of benzene rings is 2. The highest BCUT2D eigenvalue weighted by Crippen LogP contribution is 2.24. The fourth-order valence-electron chi connectivity index (χ4n) is 2.20. The van der Waals surface area contributed by atoms with Crippen LogP contribution in [0, 0.1) is 0 Å². The van der Waals surface area contributed by atoms with Crippen LogP contribution in [0.3, 0.4) is 0 Å². The van der Waals surface area contributed by atoms with Crippen molar-refractivity contribution in [3.05, 3.63) is 70.7 Å². The summed E-state index contributed by atoms with van der Waals surface area (Å²) >= 11 is 6.00. The summed E-state index contributed by atoms with van der Waals surface area (Å²) in [7, 11) is 1.76. The zero-order chi connectivity index (χ0) is 15.4. The summed E-state index contributed by atoms with van der Waals surface area (Å²) in [6.07, 6.45) is 0. The van der Waals surface area contributed by atoms with Crippen molar-refractivity contribution >= 4 is 17.5 Å². The Balaban J connectivity index is 2.15. The van der Waals surface area contributed by atoms with Crippen LogP contribution < -0.4 is 5.73 Å². The molecule has 2 rings (SSSR count). The van der Waals surface area contributed by atoms with Crippen LogP contribution in [0.2, 0.25) is 5.02 Å². The van der Waals surface area contributed by atoms with Gasteiger partial charge in [-0.05, 0) is 30.2 Å². The van der Waals surface area contributed by atoms with Crippen LogP contribution >= 0.6 is 11.6 Å². The van der Waals surface area contributed by atoms with Gasteiger partial charge in [-0.25, -0.2) is 0 Å². The van der Waals surface area contributed by atoms with E-state index >= 15 is 0 Å². The van der Waals surface area contributed by atoms with Crippen LogP contribution in [0.25, 0.3) is 0 Å². The summed E-state index contributed by atoms with van der Waals surface area (Å²) in [5, 5.41) is 0.660. The minimum absolute atomic E-state index is 0.0917. The predicted octanol–water partition coefficient (Wildman–Crippen LogP) is 3.56. The van der Waals surface area contributed by atoms with E-state index in [0.29, 0.717) is 5.02 Å². The molecule has 21 heavy (non-hydrogen) atoms. The third-order valence-electron chi connectivity index (χ3n) is 3.68. The van der Waals surface area contributed by atoms with E-state index in [2.05, 4.69) is 0 Å². The average Bonchev–Trinajstić information content (AvgIpc) is 2.53. The van der Waals surface area contributed by atoms with Gasteiger partial charge in [0.15, 0.2) is 0 Å². The largest absolute Gasteiger partial charge is 0.337 e. The van der Waals surface area contributed by atoms with Crippen LogP contribution in [0.1, 0.15) is 30.1 Å². The highest BCUT2D eigenvalue weighted by molar-refractivity contribution is 6.30. The van der Waals surface area contributed by atoms with Crippen molar-refractivity contribution in [2.24, 2.45) is 5.73 Å². The molecule has 0 saturated heterocycles.